The summed E-state index contributed by atoms with van der Waals surface area (Å²) in [6.07, 6.45) is -4.57. The first-order valence-corrected chi connectivity index (χ1v) is 9.42. The number of nitrogens with zero attached hydrogens (tertiary/aromatic N) is 2. The predicted octanol–water partition coefficient (Wildman–Crippen LogP) is 4.88. The Morgan fingerprint density at radius 3 is 2.58 bits per heavy atom. The molecule has 1 aromatic heterocycles. The summed E-state index contributed by atoms with van der Waals surface area (Å²) < 4.78 is 70.3. The molecule has 0 fully saturated rings. The molecule has 1 aliphatic carbocycles. The second kappa shape index (κ2) is 7.01. The van der Waals surface area contributed by atoms with Gasteiger partial charge in [0.25, 0.3) is 0 Å². The third kappa shape index (κ3) is 3.34. The van der Waals surface area contributed by atoms with Crippen molar-refractivity contribution < 1.29 is 32.2 Å². The van der Waals surface area contributed by atoms with Crippen LogP contribution >= 0.6 is 0 Å². The molecule has 31 heavy (non-hydrogen) atoms. The van der Waals surface area contributed by atoms with Crippen LogP contribution in [-0.4, -0.2) is 32.0 Å². The molecule has 2 aromatic carbocycles. The number of benzene rings is 2. The third-order valence-electron chi connectivity index (χ3n) is 5.68. The highest BCUT2D eigenvalue weighted by Crippen LogP contribution is 2.54. The molecule has 0 amide bonds. The second-order valence-corrected chi connectivity index (χ2v) is 7.81. The quantitative estimate of drug-likeness (QED) is 0.497. The van der Waals surface area contributed by atoms with Gasteiger partial charge >= 0.3 is 6.18 Å². The molecule has 0 spiro atoms. The summed E-state index contributed by atoms with van der Waals surface area (Å²) in [5.41, 5.74) is -3.36. The Balaban J connectivity index is 1.94. The lowest BCUT2D eigenvalue weighted by atomic mass is 9.70. The summed E-state index contributed by atoms with van der Waals surface area (Å²) in [6, 6.07) is 2.14. The van der Waals surface area contributed by atoms with Gasteiger partial charge in [-0.3, -0.25) is 0 Å². The van der Waals surface area contributed by atoms with E-state index in [1.165, 1.54) is 13.1 Å². The number of aliphatic hydroxyl groups is 1. The van der Waals surface area contributed by atoms with Crippen molar-refractivity contribution in [3.05, 3.63) is 59.0 Å². The molecule has 0 saturated heterocycles. The lowest BCUT2D eigenvalue weighted by Crippen LogP contribution is -2.55. The number of aryl methyl sites for hydroxylation is 1. The summed E-state index contributed by atoms with van der Waals surface area (Å²) in [4.78, 5) is 8.10. The summed E-state index contributed by atoms with van der Waals surface area (Å²) >= 11 is 0. The van der Waals surface area contributed by atoms with E-state index in [2.05, 4.69) is 15.3 Å². The van der Waals surface area contributed by atoms with Crippen LogP contribution in [0, 0.1) is 18.6 Å². The Morgan fingerprint density at radius 2 is 1.90 bits per heavy atom. The van der Waals surface area contributed by atoms with Crippen molar-refractivity contribution in [2.24, 2.45) is 0 Å². The van der Waals surface area contributed by atoms with E-state index in [-0.39, 0.29) is 27.7 Å². The van der Waals surface area contributed by atoms with Crippen LogP contribution in [0.4, 0.5) is 27.6 Å². The Kier molecular flexibility index (Phi) is 4.80. The summed E-state index contributed by atoms with van der Waals surface area (Å²) in [6.45, 7) is 2.94. The van der Waals surface area contributed by atoms with Crippen LogP contribution in [0.1, 0.15) is 42.3 Å². The number of phenolic OH excluding ortho intramolecular Hbond substituents is 1. The SMILES string of the molecule is Cc1ncc2c(NC3c4ccc(F)c(O)c4C(C)CC3(O)C(F)(F)F)cc(F)cc2n1. The minimum Gasteiger partial charge on any atom is -0.505 e. The highest BCUT2D eigenvalue weighted by molar-refractivity contribution is 5.91. The van der Waals surface area contributed by atoms with Crippen LogP contribution in [0.25, 0.3) is 10.9 Å². The van der Waals surface area contributed by atoms with Gasteiger partial charge in [0.15, 0.2) is 17.2 Å². The van der Waals surface area contributed by atoms with Crippen molar-refractivity contribution in [3.8, 4) is 5.75 Å². The molecule has 4 rings (SSSR count). The maximum Gasteiger partial charge on any atom is 0.419 e. The van der Waals surface area contributed by atoms with Crippen molar-refractivity contribution >= 4 is 16.6 Å². The number of anilines is 1. The molecule has 1 heterocycles. The molecule has 164 valence electrons. The number of nitrogens with one attached hydrogen (secondary N) is 1. The van der Waals surface area contributed by atoms with Gasteiger partial charge < -0.3 is 15.5 Å². The van der Waals surface area contributed by atoms with Crippen LogP contribution in [0.2, 0.25) is 0 Å². The van der Waals surface area contributed by atoms with E-state index < -0.39 is 47.5 Å². The molecule has 0 saturated carbocycles. The Morgan fingerprint density at radius 1 is 1.19 bits per heavy atom. The van der Waals surface area contributed by atoms with Gasteiger partial charge in [-0.05, 0) is 37.0 Å². The largest absolute Gasteiger partial charge is 0.505 e. The molecule has 0 radical (unpaired) electrons. The number of alkyl halides is 3. The second-order valence-electron chi connectivity index (χ2n) is 7.81. The topological polar surface area (TPSA) is 78.3 Å². The number of phenols is 1. The third-order valence-corrected chi connectivity index (χ3v) is 5.68. The number of hydrogen-bond acceptors (Lipinski definition) is 5. The van der Waals surface area contributed by atoms with Crippen molar-refractivity contribution in [1.29, 1.82) is 0 Å². The lowest BCUT2D eigenvalue weighted by molar-refractivity contribution is -0.272. The molecule has 10 heteroatoms. The highest BCUT2D eigenvalue weighted by Gasteiger charge is 2.62. The van der Waals surface area contributed by atoms with E-state index in [9.17, 15) is 32.2 Å². The zero-order valence-electron chi connectivity index (χ0n) is 16.4. The molecular formula is C21H18F5N3O2. The van der Waals surface area contributed by atoms with Gasteiger partial charge in [0.1, 0.15) is 11.6 Å². The van der Waals surface area contributed by atoms with E-state index in [1.807, 2.05) is 0 Å². The summed E-state index contributed by atoms with van der Waals surface area (Å²) in [5.74, 6) is -3.17. The molecule has 5 nitrogen and oxygen atoms in total. The normalized spacial score (nSPS) is 23.6. The van der Waals surface area contributed by atoms with E-state index in [0.717, 1.165) is 24.3 Å². The number of fused-ring (bicyclic) bond motifs is 2. The fourth-order valence-corrected chi connectivity index (χ4v) is 4.26. The van der Waals surface area contributed by atoms with E-state index >= 15 is 0 Å². The average molecular weight is 439 g/mol. The zero-order chi connectivity index (χ0) is 22.7. The van der Waals surface area contributed by atoms with E-state index in [4.69, 9.17) is 0 Å². The van der Waals surface area contributed by atoms with Crippen LogP contribution in [0.15, 0.2) is 30.5 Å². The predicted molar refractivity (Wildman–Crippen MR) is 103 cm³/mol. The number of hydrogen-bond donors (Lipinski definition) is 3. The highest BCUT2D eigenvalue weighted by atomic mass is 19.4. The van der Waals surface area contributed by atoms with Crippen LogP contribution in [0.5, 0.6) is 5.75 Å². The zero-order valence-corrected chi connectivity index (χ0v) is 16.4. The maximum atomic E-state index is 14.2. The molecule has 3 aromatic rings. The first-order valence-electron chi connectivity index (χ1n) is 9.42. The standard InChI is InChI=1S/C21H18F5N3O2/c1-9-7-20(31,21(24,25)26)19(12-3-4-14(23)18(30)17(9)12)29-16-6-11(22)5-15-13(16)8-27-10(2)28-15/h3-6,8-9,19,29-31H,7H2,1-2H3. The Labute approximate surface area is 173 Å². The van der Waals surface area contributed by atoms with Gasteiger partial charge in [0.2, 0.25) is 0 Å². The van der Waals surface area contributed by atoms with E-state index in [1.54, 1.807) is 6.92 Å². The van der Waals surface area contributed by atoms with Crippen LogP contribution in [-0.2, 0) is 0 Å². The lowest BCUT2D eigenvalue weighted by Gasteiger charge is -2.45. The van der Waals surface area contributed by atoms with E-state index in [0.29, 0.717) is 5.82 Å². The smallest absolute Gasteiger partial charge is 0.419 e. The minimum absolute atomic E-state index is 0.0424. The monoisotopic (exact) mass is 439 g/mol. The average Bonchev–Trinajstić information content (AvgIpc) is 2.65. The maximum absolute atomic E-state index is 14.2. The molecule has 1 aliphatic rings. The number of halogens is 5. The van der Waals surface area contributed by atoms with Crippen molar-refractivity contribution in [1.82, 2.24) is 9.97 Å². The molecule has 3 N–H and O–H groups in total. The van der Waals surface area contributed by atoms with Gasteiger partial charge in [-0.25, -0.2) is 18.7 Å². The first kappa shape index (κ1) is 21.2. The fourth-order valence-electron chi connectivity index (χ4n) is 4.26. The van der Waals surface area contributed by atoms with Gasteiger partial charge in [-0.15, -0.1) is 0 Å². The van der Waals surface area contributed by atoms with Gasteiger partial charge in [-0.1, -0.05) is 13.0 Å². The minimum atomic E-state index is -5.07. The van der Waals surface area contributed by atoms with Gasteiger partial charge in [0.05, 0.1) is 11.6 Å². The fraction of sp³-hybridized carbons (Fsp3) is 0.333. The van der Waals surface area contributed by atoms with Gasteiger partial charge in [0, 0.05) is 28.9 Å². The molecular weight excluding hydrogens is 421 g/mol. The summed E-state index contributed by atoms with van der Waals surface area (Å²) in [7, 11) is 0. The number of aromatic hydroxyl groups is 1. The summed E-state index contributed by atoms with van der Waals surface area (Å²) in [5, 5.41) is 23.8. The Hall–Kier alpha value is -3.01. The Bertz CT molecular complexity index is 1180. The van der Waals surface area contributed by atoms with Crippen LogP contribution < -0.4 is 5.32 Å². The van der Waals surface area contributed by atoms with Crippen molar-refractivity contribution in [2.75, 3.05) is 5.32 Å². The number of rotatable bonds is 2. The number of aromatic nitrogens is 2. The first-order chi connectivity index (χ1) is 14.4. The van der Waals surface area contributed by atoms with Crippen LogP contribution in [0.3, 0.4) is 0 Å². The molecule has 3 atom stereocenters. The molecule has 3 unspecified atom stereocenters. The molecule has 0 bridgehead atoms. The van der Waals surface area contributed by atoms with Crippen molar-refractivity contribution in [2.45, 2.75) is 44.0 Å². The van der Waals surface area contributed by atoms with Crippen molar-refractivity contribution in [3.63, 3.8) is 0 Å². The molecule has 0 aliphatic heterocycles. The van der Waals surface area contributed by atoms with Gasteiger partial charge in [-0.2, -0.15) is 13.2 Å².